The van der Waals surface area contributed by atoms with Crippen LogP contribution < -0.4 is 10.6 Å². The molecule has 0 saturated carbocycles. The molecule has 3 rings (SSSR count). The molecule has 0 saturated heterocycles. The van der Waals surface area contributed by atoms with E-state index in [0.29, 0.717) is 17.8 Å². The molecule has 4 nitrogen and oxygen atoms in total. The number of pyridine rings is 1. The molecule has 1 aliphatic rings. The first-order chi connectivity index (χ1) is 9.18. The van der Waals surface area contributed by atoms with E-state index >= 15 is 0 Å². The van der Waals surface area contributed by atoms with Crippen LogP contribution >= 0.6 is 0 Å². The van der Waals surface area contributed by atoms with Crippen LogP contribution in [-0.2, 0) is 6.42 Å². The van der Waals surface area contributed by atoms with Crippen LogP contribution in [0.4, 0.5) is 11.4 Å². The Balaban J connectivity index is 2.03. The fourth-order valence-electron chi connectivity index (χ4n) is 2.54. The van der Waals surface area contributed by atoms with E-state index in [-0.39, 0.29) is 5.91 Å². The Bertz CT molecular complexity index is 652. The first kappa shape index (κ1) is 11.7. The van der Waals surface area contributed by atoms with E-state index in [2.05, 4.69) is 4.98 Å². The summed E-state index contributed by atoms with van der Waals surface area (Å²) in [5, 5.41) is 0. The highest BCUT2D eigenvalue weighted by atomic mass is 16.2. The van der Waals surface area contributed by atoms with Gasteiger partial charge in [-0.25, -0.2) is 0 Å². The SMILES string of the molecule is Cc1ncccc1C(=O)N1CCc2cccc(N)c21. The number of nitrogens with zero attached hydrogens (tertiary/aromatic N) is 2. The summed E-state index contributed by atoms with van der Waals surface area (Å²) >= 11 is 0. The van der Waals surface area contributed by atoms with Crippen LogP contribution in [0.15, 0.2) is 36.5 Å². The lowest BCUT2D eigenvalue weighted by atomic mass is 10.1. The highest BCUT2D eigenvalue weighted by Crippen LogP contribution is 2.34. The number of amides is 1. The molecule has 0 fully saturated rings. The first-order valence-corrected chi connectivity index (χ1v) is 6.29. The van der Waals surface area contributed by atoms with Gasteiger partial charge >= 0.3 is 0 Å². The average Bonchev–Trinajstić information content (AvgIpc) is 2.84. The minimum absolute atomic E-state index is 0.0257. The van der Waals surface area contributed by atoms with E-state index in [1.54, 1.807) is 17.2 Å². The molecule has 0 atom stereocenters. The van der Waals surface area contributed by atoms with Crippen molar-refractivity contribution in [1.29, 1.82) is 0 Å². The van der Waals surface area contributed by atoms with Gasteiger partial charge in [0, 0.05) is 18.4 Å². The van der Waals surface area contributed by atoms with Crippen LogP contribution in [0.3, 0.4) is 0 Å². The van der Waals surface area contributed by atoms with Crippen molar-refractivity contribution in [2.75, 3.05) is 17.2 Å². The van der Waals surface area contributed by atoms with Crippen LogP contribution in [0.5, 0.6) is 0 Å². The number of nitrogens with two attached hydrogens (primary N) is 1. The summed E-state index contributed by atoms with van der Waals surface area (Å²) in [4.78, 5) is 18.5. The third-order valence-corrected chi connectivity index (χ3v) is 3.51. The maximum atomic E-state index is 12.6. The number of anilines is 2. The van der Waals surface area contributed by atoms with E-state index < -0.39 is 0 Å². The topological polar surface area (TPSA) is 59.2 Å². The number of hydrogen-bond donors (Lipinski definition) is 1. The summed E-state index contributed by atoms with van der Waals surface area (Å²) in [7, 11) is 0. The molecule has 1 amide bonds. The second-order valence-corrected chi connectivity index (χ2v) is 4.70. The van der Waals surface area contributed by atoms with Gasteiger partial charge in [-0.2, -0.15) is 0 Å². The zero-order valence-electron chi connectivity index (χ0n) is 10.8. The lowest BCUT2D eigenvalue weighted by Crippen LogP contribution is -2.30. The highest BCUT2D eigenvalue weighted by Gasteiger charge is 2.28. The Morgan fingerprint density at radius 1 is 1.32 bits per heavy atom. The highest BCUT2D eigenvalue weighted by molar-refractivity contribution is 6.09. The average molecular weight is 253 g/mol. The summed E-state index contributed by atoms with van der Waals surface area (Å²) in [5.74, 6) is -0.0257. The molecule has 2 heterocycles. The molecule has 4 heteroatoms. The standard InChI is InChI=1S/C15H15N3O/c1-10-12(5-3-8-17-10)15(19)18-9-7-11-4-2-6-13(16)14(11)18/h2-6,8H,7,9,16H2,1H3. The summed E-state index contributed by atoms with van der Waals surface area (Å²) in [6, 6.07) is 9.38. The number of para-hydroxylation sites is 1. The molecule has 96 valence electrons. The molecule has 0 spiro atoms. The maximum Gasteiger partial charge on any atom is 0.260 e. The van der Waals surface area contributed by atoms with Crippen LogP contribution in [0, 0.1) is 6.92 Å². The number of hydrogen-bond acceptors (Lipinski definition) is 3. The summed E-state index contributed by atoms with van der Waals surface area (Å²) in [6.07, 6.45) is 2.55. The van der Waals surface area contributed by atoms with Gasteiger partial charge < -0.3 is 10.6 Å². The van der Waals surface area contributed by atoms with Crippen molar-refractivity contribution in [3.63, 3.8) is 0 Å². The quantitative estimate of drug-likeness (QED) is 0.792. The van der Waals surface area contributed by atoms with Crippen LogP contribution in [0.25, 0.3) is 0 Å². The zero-order valence-corrected chi connectivity index (χ0v) is 10.8. The Morgan fingerprint density at radius 3 is 2.95 bits per heavy atom. The van der Waals surface area contributed by atoms with Gasteiger partial charge in [0.2, 0.25) is 0 Å². The number of fused-ring (bicyclic) bond motifs is 1. The predicted octanol–water partition coefficient (Wildman–Crippen LogP) is 2.18. The van der Waals surface area contributed by atoms with Crippen molar-refractivity contribution >= 4 is 17.3 Å². The fourth-order valence-corrected chi connectivity index (χ4v) is 2.54. The smallest absolute Gasteiger partial charge is 0.260 e. The Hall–Kier alpha value is -2.36. The molecule has 19 heavy (non-hydrogen) atoms. The van der Waals surface area contributed by atoms with E-state index in [0.717, 1.165) is 23.4 Å². The van der Waals surface area contributed by atoms with Gasteiger partial charge in [-0.15, -0.1) is 0 Å². The Labute approximate surface area is 111 Å². The van der Waals surface area contributed by atoms with Crippen molar-refractivity contribution < 1.29 is 4.79 Å². The summed E-state index contributed by atoms with van der Waals surface area (Å²) < 4.78 is 0. The number of carbonyl (C=O) groups is 1. The maximum absolute atomic E-state index is 12.6. The predicted molar refractivity (Wildman–Crippen MR) is 75.2 cm³/mol. The van der Waals surface area contributed by atoms with Crippen molar-refractivity contribution in [3.05, 3.63) is 53.3 Å². The lowest BCUT2D eigenvalue weighted by molar-refractivity contribution is 0.0988. The zero-order chi connectivity index (χ0) is 13.4. The number of carbonyl (C=O) groups excluding carboxylic acids is 1. The van der Waals surface area contributed by atoms with Crippen molar-refractivity contribution in [2.24, 2.45) is 0 Å². The van der Waals surface area contributed by atoms with E-state index in [4.69, 9.17) is 5.73 Å². The second kappa shape index (κ2) is 4.39. The van der Waals surface area contributed by atoms with Crippen LogP contribution in [0.2, 0.25) is 0 Å². The van der Waals surface area contributed by atoms with Gasteiger partial charge in [0.15, 0.2) is 0 Å². The van der Waals surface area contributed by atoms with E-state index in [9.17, 15) is 4.79 Å². The Kier molecular flexibility index (Phi) is 2.71. The first-order valence-electron chi connectivity index (χ1n) is 6.29. The van der Waals surface area contributed by atoms with Crippen molar-refractivity contribution in [1.82, 2.24) is 4.98 Å². The third kappa shape index (κ3) is 1.85. The molecule has 1 aromatic heterocycles. The van der Waals surface area contributed by atoms with Gasteiger partial charge in [0.1, 0.15) is 0 Å². The minimum atomic E-state index is -0.0257. The summed E-state index contributed by atoms with van der Waals surface area (Å²) in [6.45, 7) is 2.52. The molecular weight excluding hydrogens is 238 g/mol. The number of aryl methyl sites for hydroxylation is 1. The number of rotatable bonds is 1. The van der Waals surface area contributed by atoms with E-state index in [1.165, 1.54) is 0 Å². The number of aromatic nitrogens is 1. The van der Waals surface area contributed by atoms with Crippen LogP contribution in [-0.4, -0.2) is 17.4 Å². The molecule has 2 N–H and O–H groups in total. The van der Waals surface area contributed by atoms with Gasteiger partial charge in [-0.05, 0) is 37.1 Å². The van der Waals surface area contributed by atoms with Gasteiger partial charge in [-0.3, -0.25) is 9.78 Å². The Morgan fingerprint density at radius 2 is 2.16 bits per heavy atom. The van der Waals surface area contributed by atoms with Crippen molar-refractivity contribution in [3.8, 4) is 0 Å². The fraction of sp³-hybridized carbons (Fsp3) is 0.200. The second-order valence-electron chi connectivity index (χ2n) is 4.70. The van der Waals surface area contributed by atoms with Gasteiger partial charge in [0.05, 0.1) is 16.9 Å². The third-order valence-electron chi connectivity index (χ3n) is 3.51. The van der Waals surface area contributed by atoms with Gasteiger partial charge in [-0.1, -0.05) is 12.1 Å². The molecule has 1 aliphatic heterocycles. The van der Waals surface area contributed by atoms with Gasteiger partial charge in [0.25, 0.3) is 5.91 Å². The normalized spacial score (nSPS) is 13.4. The molecule has 2 aromatic rings. The number of benzene rings is 1. The summed E-state index contributed by atoms with van der Waals surface area (Å²) in [5.41, 5.74) is 10.0. The van der Waals surface area contributed by atoms with E-state index in [1.807, 2.05) is 31.2 Å². The molecule has 0 aliphatic carbocycles. The van der Waals surface area contributed by atoms with Crippen LogP contribution in [0.1, 0.15) is 21.6 Å². The van der Waals surface area contributed by atoms with Crippen molar-refractivity contribution in [2.45, 2.75) is 13.3 Å². The minimum Gasteiger partial charge on any atom is -0.397 e. The molecule has 1 aromatic carbocycles. The number of nitrogen functional groups attached to an aromatic ring is 1. The molecule has 0 bridgehead atoms. The monoisotopic (exact) mass is 253 g/mol. The molecule has 0 radical (unpaired) electrons. The molecule has 0 unspecified atom stereocenters. The molecular formula is C15H15N3O. The lowest BCUT2D eigenvalue weighted by Gasteiger charge is -2.19. The largest absolute Gasteiger partial charge is 0.397 e.